The van der Waals surface area contributed by atoms with Gasteiger partial charge in [0.15, 0.2) is 0 Å². The van der Waals surface area contributed by atoms with Crippen LogP contribution in [0.15, 0.2) is 102 Å². The van der Waals surface area contributed by atoms with Crippen LogP contribution in [0.25, 0.3) is 22.4 Å². The summed E-state index contributed by atoms with van der Waals surface area (Å²) in [7, 11) is 0. The monoisotopic (exact) mass is 505 g/mol. The number of nitrogens with zero attached hydrogens (tertiary/aromatic N) is 2. The number of carbonyl (C=O) groups excluding carboxylic acids is 1. The van der Waals surface area contributed by atoms with Crippen molar-refractivity contribution in [2.45, 2.75) is 38.1 Å². The highest BCUT2D eigenvalue weighted by Gasteiger charge is 2.14. The molecular weight excluding hydrogens is 474 g/mol. The van der Waals surface area contributed by atoms with E-state index in [1.807, 2.05) is 42.5 Å². The summed E-state index contributed by atoms with van der Waals surface area (Å²) in [5.74, 6) is 1.97. The summed E-state index contributed by atoms with van der Waals surface area (Å²) in [5, 5.41) is 3.03. The number of thioether (sulfide) groups is 1. The van der Waals surface area contributed by atoms with Crippen molar-refractivity contribution in [3.63, 3.8) is 0 Å². The van der Waals surface area contributed by atoms with E-state index in [-0.39, 0.29) is 5.91 Å². The van der Waals surface area contributed by atoms with Gasteiger partial charge in [-0.1, -0.05) is 55.5 Å². The molecule has 4 aromatic carbocycles. The van der Waals surface area contributed by atoms with Crippen molar-refractivity contribution in [2.75, 3.05) is 11.1 Å². The number of amides is 1. The molecule has 0 unspecified atom stereocenters. The Balaban J connectivity index is 1.33. The molecule has 0 radical (unpaired) electrons. The standard InChI is InChI=1S/C32H31N3OS/c1-3-37-28-16-10-25(11-17-28)22-31(36)33-27-14-12-26(13-15-27)32-34-29-18-9-23(2)21-30(29)35(32)20-19-24-7-5-4-6-8-24/h4-18,21H,3,19-20,22H2,1-2H3,(H,33,36). The SMILES string of the molecule is CCSc1ccc(CC(=O)Nc2ccc(-c3nc4ccc(C)cc4n3CCc3ccccc3)cc2)cc1. The van der Waals surface area contributed by atoms with Gasteiger partial charge in [0.1, 0.15) is 5.82 Å². The zero-order valence-corrected chi connectivity index (χ0v) is 22.1. The normalized spacial score (nSPS) is 11.1. The van der Waals surface area contributed by atoms with E-state index in [9.17, 15) is 4.79 Å². The highest BCUT2D eigenvalue weighted by atomic mass is 32.2. The first kappa shape index (κ1) is 24.8. The van der Waals surface area contributed by atoms with Crippen molar-refractivity contribution in [1.29, 1.82) is 0 Å². The van der Waals surface area contributed by atoms with E-state index in [2.05, 4.69) is 78.3 Å². The van der Waals surface area contributed by atoms with Crippen LogP contribution in [0, 0.1) is 6.92 Å². The van der Waals surface area contributed by atoms with E-state index in [4.69, 9.17) is 4.98 Å². The number of aryl methyl sites for hydroxylation is 3. The fourth-order valence-corrected chi connectivity index (χ4v) is 5.19. The lowest BCUT2D eigenvalue weighted by molar-refractivity contribution is -0.115. The van der Waals surface area contributed by atoms with E-state index >= 15 is 0 Å². The molecule has 1 heterocycles. The van der Waals surface area contributed by atoms with Crippen LogP contribution in [0.4, 0.5) is 5.69 Å². The van der Waals surface area contributed by atoms with Gasteiger partial charge in [-0.3, -0.25) is 4.79 Å². The van der Waals surface area contributed by atoms with E-state index in [0.717, 1.165) is 52.4 Å². The molecule has 0 spiro atoms. The summed E-state index contributed by atoms with van der Waals surface area (Å²) in [4.78, 5) is 18.8. The predicted molar refractivity (Wildman–Crippen MR) is 155 cm³/mol. The zero-order chi connectivity index (χ0) is 25.6. The quantitative estimate of drug-likeness (QED) is 0.210. The van der Waals surface area contributed by atoms with Crippen molar-refractivity contribution < 1.29 is 4.79 Å². The van der Waals surface area contributed by atoms with Crippen LogP contribution >= 0.6 is 11.8 Å². The Morgan fingerprint density at radius 1 is 0.892 bits per heavy atom. The second kappa shape index (κ2) is 11.5. The van der Waals surface area contributed by atoms with Crippen molar-refractivity contribution in [1.82, 2.24) is 9.55 Å². The van der Waals surface area contributed by atoms with Gasteiger partial charge in [0.2, 0.25) is 5.91 Å². The number of benzene rings is 4. The molecule has 0 bridgehead atoms. The number of imidazole rings is 1. The number of hydrogen-bond donors (Lipinski definition) is 1. The Morgan fingerprint density at radius 2 is 1.65 bits per heavy atom. The minimum atomic E-state index is -0.0192. The van der Waals surface area contributed by atoms with Crippen molar-refractivity contribution in [3.8, 4) is 11.4 Å². The summed E-state index contributed by atoms with van der Waals surface area (Å²) >= 11 is 1.80. The van der Waals surface area contributed by atoms with Crippen LogP contribution in [0.5, 0.6) is 0 Å². The summed E-state index contributed by atoms with van der Waals surface area (Å²) < 4.78 is 2.31. The fraction of sp³-hybridized carbons (Fsp3) is 0.188. The molecule has 0 aliphatic heterocycles. The van der Waals surface area contributed by atoms with Gasteiger partial charge >= 0.3 is 0 Å². The number of nitrogens with one attached hydrogen (secondary N) is 1. The largest absolute Gasteiger partial charge is 0.326 e. The maximum atomic E-state index is 12.6. The molecule has 0 saturated carbocycles. The first-order valence-electron chi connectivity index (χ1n) is 12.7. The number of carbonyl (C=O) groups is 1. The Bertz CT molecular complexity index is 1490. The third-order valence-corrected chi connectivity index (χ3v) is 7.29. The molecule has 0 atom stereocenters. The molecule has 0 aliphatic carbocycles. The van der Waals surface area contributed by atoms with Gasteiger partial charge in [-0.2, -0.15) is 0 Å². The maximum absolute atomic E-state index is 12.6. The lowest BCUT2D eigenvalue weighted by Crippen LogP contribution is -2.14. The second-order valence-corrected chi connectivity index (χ2v) is 10.5. The molecule has 1 aromatic heterocycles. The van der Waals surface area contributed by atoms with Gasteiger partial charge in [0, 0.05) is 22.7 Å². The van der Waals surface area contributed by atoms with Crippen molar-refractivity contribution >= 4 is 34.4 Å². The first-order valence-corrected chi connectivity index (χ1v) is 13.7. The van der Waals surface area contributed by atoms with Crippen LogP contribution in [0.3, 0.4) is 0 Å². The number of rotatable bonds is 9. The zero-order valence-electron chi connectivity index (χ0n) is 21.3. The van der Waals surface area contributed by atoms with E-state index < -0.39 is 0 Å². The minimum Gasteiger partial charge on any atom is -0.326 e. The molecule has 1 N–H and O–H groups in total. The molecule has 5 rings (SSSR count). The Hall–Kier alpha value is -3.83. The third-order valence-electron chi connectivity index (χ3n) is 6.40. The number of anilines is 1. The fourth-order valence-electron chi connectivity index (χ4n) is 4.53. The van der Waals surface area contributed by atoms with Gasteiger partial charge < -0.3 is 9.88 Å². The lowest BCUT2D eigenvalue weighted by Gasteiger charge is -2.11. The van der Waals surface area contributed by atoms with Crippen molar-refractivity contribution in [2.24, 2.45) is 0 Å². The molecule has 37 heavy (non-hydrogen) atoms. The predicted octanol–water partition coefficient (Wildman–Crippen LogP) is 7.55. The average Bonchev–Trinajstić information content (AvgIpc) is 3.27. The number of fused-ring (bicyclic) bond motifs is 1. The van der Waals surface area contributed by atoms with Gasteiger partial charge in [-0.05, 0) is 84.3 Å². The second-order valence-electron chi connectivity index (χ2n) is 9.19. The van der Waals surface area contributed by atoms with Gasteiger partial charge in [-0.15, -0.1) is 11.8 Å². The van der Waals surface area contributed by atoms with Gasteiger partial charge in [0.05, 0.1) is 17.5 Å². The maximum Gasteiger partial charge on any atom is 0.228 e. The summed E-state index contributed by atoms with van der Waals surface area (Å²) in [5.41, 5.74) is 7.49. The molecule has 4 nitrogen and oxygen atoms in total. The number of aromatic nitrogens is 2. The molecule has 5 heteroatoms. The van der Waals surface area contributed by atoms with Crippen LogP contribution in [-0.4, -0.2) is 21.2 Å². The van der Waals surface area contributed by atoms with E-state index in [1.165, 1.54) is 16.0 Å². The smallest absolute Gasteiger partial charge is 0.228 e. The van der Waals surface area contributed by atoms with E-state index in [0.29, 0.717) is 6.42 Å². The minimum absolute atomic E-state index is 0.0192. The first-order chi connectivity index (χ1) is 18.1. The lowest BCUT2D eigenvalue weighted by atomic mass is 10.1. The Kier molecular flexibility index (Phi) is 7.71. The summed E-state index contributed by atoms with van der Waals surface area (Å²) in [6, 6.07) is 33.2. The van der Waals surface area contributed by atoms with Gasteiger partial charge in [0.25, 0.3) is 0 Å². The highest BCUT2D eigenvalue weighted by molar-refractivity contribution is 7.99. The van der Waals surface area contributed by atoms with Crippen LogP contribution < -0.4 is 5.32 Å². The van der Waals surface area contributed by atoms with Crippen LogP contribution in [0.2, 0.25) is 0 Å². The summed E-state index contributed by atoms with van der Waals surface area (Å²) in [6.07, 6.45) is 1.28. The third kappa shape index (κ3) is 6.12. The summed E-state index contributed by atoms with van der Waals surface area (Å²) in [6.45, 7) is 5.09. The topological polar surface area (TPSA) is 46.9 Å². The molecule has 186 valence electrons. The Labute approximate surface area is 222 Å². The average molecular weight is 506 g/mol. The van der Waals surface area contributed by atoms with E-state index in [1.54, 1.807) is 11.8 Å². The molecule has 5 aromatic rings. The number of hydrogen-bond acceptors (Lipinski definition) is 3. The highest BCUT2D eigenvalue weighted by Crippen LogP contribution is 2.27. The van der Waals surface area contributed by atoms with Gasteiger partial charge in [-0.25, -0.2) is 4.98 Å². The van der Waals surface area contributed by atoms with Crippen LogP contribution in [0.1, 0.15) is 23.6 Å². The van der Waals surface area contributed by atoms with Crippen molar-refractivity contribution in [3.05, 3.63) is 114 Å². The Morgan fingerprint density at radius 3 is 2.38 bits per heavy atom. The molecule has 0 fully saturated rings. The molecule has 1 amide bonds. The molecule has 0 saturated heterocycles. The molecule has 0 aliphatic rings. The molecular formula is C32H31N3OS. The van der Waals surface area contributed by atoms with Crippen LogP contribution in [-0.2, 0) is 24.2 Å².